The highest BCUT2D eigenvalue weighted by Crippen LogP contribution is 2.30. The molecule has 2 aromatic carbocycles. The fourth-order valence-corrected chi connectivity index (χ4v) is 3.70. The summed E-state index contributed by atoms with van der Waals surface area (Å²) in [7, 11) is 0. The van der Waals surface area contributed by atoms with Gasteiger partial charge in [0, 0.05) is 16.6 Å². The quantitative estimate of drug-likeness (QED) is 0.662. The number of phenols is 1. The third kappa shape index (κ3) is 3.24. The first-order valence-corrected chi connectivity index (χ1v) is 9.02. The van der Waals surface area contributed by atoms with E-state index < -0.39 is 6.10 Å². The first-order chi connectivity index (χ1) is 13.1. The Labute approximate surface area is 157 Å². The molecule has 0 aliphatic carbocycles. The zero-order chi connectivity index (χ0) is 19.0. The molecule has 1 aliphatic rings. The normalized spacial score (nSPS) is 17.6. The number of carbonyl (C=O) groups excluding carboxylic acids is 1. The van der Waals surface area contributed by atoms with Crippen molar-refractivity contribution >= 4 is 16.8 Å². The highest BCUT2D eigenvalue weighted by molar-refractivity contribution is 5.86. The van der Waals surface area contributed by atoms with E-state index in [1.54, 1.807) is 24.0 Å². The molecular formula is C21H22N2O4. The zero-order valence-corrected chi connectivity index (χ0v) is 15.1. The lowest BCUT2D eigenvalue weighted by atomic mass is 9.96. The van der Waals surface area contributed by atoms with Crippen LogP contribution in [-0.4, -0.2) is 44.8 Å². The molecule has 4 rings (SSSR count). The van der Waals surface area contributed by atoms with E-state index in [1.807, 2.05) is 18.2 Å². The molecule has 1 aliphatic heterocycles. The van der Waals surface area contributed by atoms with E-state index in [0.717, 1.165) is 16.6 Å². The number of nitrogens with one attached hydrogen (secondary N) is 1. The number of carbonyl (C=O) groups is 1. The number of para-hydroxylation sites is 1. The molecule has 0 fully saturated rings. The Morgan fingerprint density at radius 1 is 1.26 bits per heavy atom. The minimum Gasteiger partial charge on any atom is -0.508 e. The molecule has 6 nitrogen and oxygen atoms in total. The molecule has 1 aromatic heterocycles. The van der Waals surface area contributed by atoms with Crippen molar-refractivity contribution < 1.29 is 19.7 Å². The van der Waals surface area contributed by atoms with Crippen LogP contribution in [0.1, 0.15) is 18.2 Å². The van der Waals surface area contributed by atoms with E-state index >= 15 is 0 Å². The maximum absolute atomic E-state index is 13.0. The van der Waals surface area contributed by atoms with E-state index in [4.69, 9.17) is 4.74 Å². The summed E-state index contributed by atoms with van der Waals surface area (Å²) in [5.74, 6) is 0.480. The van der Waals surface area contributed by atoms with Gasteiger partial charge in [-0.25, -0.2) is 0 Å². The monoisotopic (exact) mass is 366 g/mol. The molecule has 27 heavy (non-hydrogen) atoms. The van der Waals surface area contributed by atoms with E-state index in [9.17, 15) is 15.0 Å². The number of hydrogen-bond donors (Lipinski definition) is 3. The molecule has 6 heteroatoms. The second kappa shape index (κ2) is 6.96. The van der Waals surface area contributed by atoms with E-state index in [0.29, 0.717) is 18.7 Å². The van der Waals surface area contributed by atoms with Crippen LogP contribution in [0.25, 0.3) is 10.9 Å². The van der Waals surface area contributed by atoms with Crippen molar-refractivity contribution in [3.05, 3.63) is 59.8 Å². The second-order valence-electron chi connectivity index (χ2n) is 6.89. The summed E-state index contributed by atoms with van der Waals surface area (Å²) >= 11 is 0. The third-order valence-corrected chi connectivity index (χ3v) is 5.10. The molecule has 3 N–H and O–H groups in total. The van der Waals surface area contributed by atoms with Gasteiger partial charge in [-0.3, -0.25) is 4.79 Å². The lowest BCUT2D eigenvalue weighted by molar-refractivity contribution is -0.142. The van der Waals surface area contributed by atoms with Crippen LogP contribution < -0.4 is 4.74 Å². The number of phenolic OH excluding ortho intramolecular Hbond substituents is 1. The maximum Gasteiger partial charge on any atom is 0.264 e. The van der Waals surface area contributed by atoms with Crippen molar-refractivity contribution in [3.63, 3.8) is 0 Å². The van der Waals surface area contributed by atoms with Crippen LogP contribution in [0.2, 0.25) is 0 Å². The predicted octanol–water partition coefficient (Wildman–Crippen LogP) is 2.59. The number of benzene rings is 2. The van der Waals surface area contributed by atoms with E-state index in [2.05, 4.69) is 11.1 Å². The van der Waals surface area contributed by atoms with Crippen LogP contribution in [0.3, 0.4) is 0 Å². The van der Waals surface area contributed by atoms with Crippen molar-refractivity contribution in [2.24, 2.45) is 0 Å². The van der Waals surface area contributed by atoms with Gasteiger partial charge in [0.05, 0.1) is 19.2 Å². The number of aromatic nitrogens is 1. The zero-order valence-electron chi connectivity index (χ0n) is 15.1. The molecule has 1 amide bonds. The number of H-pyrrole nitrogens is 1. The Balaban J connectivity index is 1.56. The first-order valence-electron chi connectivity index (χ1n) is 9.02. The second-order valence-corrected chi connectivity index (χ2v) is 6.89. The number of rotatable bonds is 4. The smallest absolute Gasteiger partial charge is 0.264 e. The predicted molar refractivity (Wildman–Crippen MR) is 102 cm³/mol. The SMILES string of the molecule is CC(Oc1ccc(O)cc1)C(=O)N1Cc2[nH]c3ccccc3c2CC1CO. The lowest BCUT2D eigenvalue weighted by Crippen LogP contribution is -2.50. The molecule has 0 saturated carbocycles. The molecule has 2 unspecified atom stereocenters. The van der Waals surface area contributed by atoms with Crippen molar-refractivity contribution in [3.8, 4) is 11.5 Å². The average Bonchev–Trinajstić information content (AvgIpc) is 3.05. The van der Waals surface area contributed by atoms with Crippen LogP contribution in [0.15, 0.2) is 48.5 Å². The summed E-state index contributed by atoms with van der Waals surface area (Å²) < 4.78 is 5.73. The Morgan fingerprint density at radius 3 is 2.74 bits per heavy atom. The molecule has 0 bridgehead atoms. The van der Waals surface area contributed by atoms with Gasteiger partial charge < -0.3 is 24.8 Å². The Hall–Kier alpha value is -2.99. The number of amides is 1. The third-order valence-electron chi connectivity index (χ3n) is 5.10. The minimum atomic E-state index is -0.700. The number of ether oxygens (including phenoxy) is 1. The van der Waals surface area contributed by atoms with Gasteiger partial charge in [0.1, 0.15) is 11.5 Å². The van der Waals surface area contributed by atoms with Crippen LogP contribution >= 0.6 is 0 Å². The molecular weight excluding hydrogens is 344 g/mol. The standard InChI is InChI=1S/C21H22N2O4/c1-13(27-16-8-6-15(25)7-9-16)21(26)23-11-20-18(10-14(23)12-24)17-4-2-3-5-19(17)22-20/h2-9,13-14,22,24-25H,10-12H2,1H3. The molecule has 3 aromatic rings. The van der Waals surface area contributed by atoms with Crippen LogP contribution in [0, 0.1) is 0 Å². The number of nitrogens with zero attached hydrogens (tertiary/aromatic N) is 1. The highest BCUT2D eigenvalue weighted by Gasteiger charge is 2.34. The van der Waals surface area contributed by atoms with E-state index in [-0.39, 0.29) is 24.3 Å². The lowest BCUT2D eigenvalue weighted by Gasteiger charge is -2.36. The van der Waals surface area contributed by atoms with Crippen LogP contribution in [-0.2, 0) is 17.8 Å². The fourth-order valence-electron chi connectivity index (χ4n) is 3.70. The Kier molecular flexibility index (Phi) is 4.49. The van der Waals surface area contributed by atoms with Gasteiger partial charge in [-0.05, 0) is 49.2 Å². The van der Waals surface area contributed by atoms with Gasteiger partial charge in [0.15, 0.2) is 6.10 Å². The minimum absolute atomic E-state index is 0.101. The molecule has 2 atom stereocenters. The van der Waals surface area contributed by atoms with Crippen molar-refractivity contribution in [1.82, 2.24) is 9.88 Å². The Bertz CT molecular complexity index is 964. The van der Waals surface area contributed by atoms with Gasteiger partial charge in [-0.2, -0.15) is 0 Å². The summed E-state index contributed by atoms with van der Waals surface area (Å²) in [5.41, 5.74) is 3.22. The summed E-state index contributed by atoms with van der Waals surface area (Å²) in [5, 5.41) is 20.4. The van der Waals surface area contributed by atoms with Crippen LogP contribution in [0.4, 0.5) is 0 Å². The number of aliphatic hydroxyl groups excluding tert-OH is 1. The molecule has 2 heterocycles. The number of aromatic amines is 1. The number of aromatic hydroxyl groups is 1. The molecule has 140 valence electrons. The Morgan fingerprint density at radius 2 is 2.00 bits per heavy atom. The number of aliphatic hydroxyl groups is 1. The summed E-state index contributed by atoms with van der Waals surface area (Å²) in [6.07, 6.45) is -0.0948. The largest absolute Gasteiger partial charge is 0.508 e. The topological polar surface area (TPSA) is 85.8 Å². The number of hydrogen-bond acceptors (Lipinski definition) is 4. The highest BCUT2D eigenvalue weighted by atomic mass is 16.5. The number of fused-ring (bicyclic) bond motifs is 3. The van der Waals surface area contributed by atoms with Crippen molar-refractivity contribution in [2.75, 3.05) is 6.61 Å². The van der Waals surface area contributed by atoms with Gasteiger partial charge in [-0.1, -0.05) is 18.2 Å². The molecule has 0 radical (unpaired) electrons. The van der Waals surface area contributed by atoms with Gasteiger partial charge in [0.25, 0.3) is 5.91 Å². The van der Waals surface area contributed by atoms with Crippen molar-refractivity contribution in [2.45, 2.75) is 32.0 Å². The first kappa shape index (κ1) is 17.4. The fraction of sp³-hybridized carbons (Fsp3) is 0.286. The molecule has 0 spiro atoms. The van der Waals surface area contributed by atoms with Crippen LogP contribution in [0.5, 0.6) is 11.5 Å². The van der Waals surface area contributed by atoms with Gasteiger partial charge in [0.2, 0.25) is 0 Å². The van der Waals surface area contributed by atoms with Gasteiger partial charge >= 0.3 is 0 Å². The summed E-state index contributed by atoms with van der Waals surface area (Å²) in [4.78, 5) is 18.1. The van der Waals surface area contributed by atoms with Gasteiger partial charge in [-0.15, -0.1) is 0 Å². The van der Waals surface area contributed by atoms with E-state index in [1.165, 1.54) is 17.7 Å². The maximum atomic E-state index is 13.0. The molecule has 0 saturated heterocycles. The van der Waals surface area contributed by atoms with Crippen molar-refractivity contribution in [1.29, 1.82) is 0 Å². The summed E-state index contributed by atoms with van der Waals surface area (Å²) in [6, 6.07) is 14.0. The summed E-state index contributed by atoms with van der Waals surface area (Å²) in [6.45, 7) is 2.01. The average molecular weight is 366 g/mol.